The van der Waals surface area contributed by atoms with Crippen LogP contribution in [-0.2, 0) is 0 Å². The molecule has 3 N–H and O–H groups in total. The first-order chi connectivity index (χ1) is 17.4. The minimum absolute atomic E-state index is 0.107. The van der Waals surface area contributed by atoms with Crippen molar-refractivity contribution in [3.63, 3.8) is 0 Å². The van der Waals surface area contributed by atoms with Gasteiger partial charge in [0.15, 0.2) is 5.13 Å². The molecule has 2 aromatic heterocycles. The van der Waals surface area contributed by atoms with Gasteiger partial charge in [-0.05, 0) is 60.7 Å². The first kappa shape index (κ1) is 23.7. The Labute approximate surface area is 213 Å². The van der Waals surface area contributed by atoms with Gasteiger partial charge in [0.05, 0.1) is 0 Å². The molecular weight excluding hydrogens is 503 g/mol. The Balaban J connectivity index is 1.56. The van der Waals surface area contributed by atoms with Crippen LogP contribution in [0.15, 0.2) is 48.2 Å². The van der Waals surface area contributed by atoms with Gasteiger partial charge in [0.2, 0.25) is 5.13 Å². The molecule has 12 heteroatoms. The van der Waals surface area contributed by atoms with E-state index in [1.807, 2.05) is 0 Å². The number of hydrogen-bond acceptors (Lipinski definition) is 8. The lowest BCUT2D eigenvalue weighted by molar-refractivity contribution is 0.0949. The summed E-state index contributed by atoms with van der Waals surface area (Å²) in [7, 11) is 0. The van der Waals surface area contributed by atoms with Crippen molar-refractivity contribution in [1.82, 2.24) is 19.7 Å². The number of hydrogen-bond donors (Lipinski definition) is 3. The number of benzene rings is 2. The summed E-state index contributed by atoms with van der Waals surface area (Å²) < 4.78 is 18.8. The van der Waals surface area contributed by atoms with Gasteiger partial charge >= 0.3 is 0 Å². The van der Waals surface area contributed by atoms with E-state index >= 15 is 0 Å². The Morgan fingerprint density at radius 3 is 2.44 bits per heavy atom. The van der Waals surface area contributed by atoms with Crippen LogP contribution in [0.3, 0.4) is 0 Å². The number of carbonyl (C=O) groups is 3. The van der Waals surface area contributed by atoms with Gasteiger partial charge in [-0.25, -0.2) is 14.4 Å². The molecule has 9 nitrogen and oxygen atoms in total. The summed E-state index contributed by atoms with van der Waals surface area (Å²) >= 11 is 2.25. The molecule has 0 aliphatic heterocycles. The monoisotopic (exact) mass is 522 g/mol. The zero-order valence-corrected chi connectivity index (χ0v) is 20.5. The quantitative estimate of drug-likeness (QED) is 0.328. The highest BCUT2D eigenvalue weighted by Gasteiger charge is 2.26. The van der Waals surface area contributed by atoms with Gasteiger partial charge in [-0.15, -0.1) is 11.3 Å². The highest BCUT2D eigenvalue weighted by Crippen LogP contribution is 2.32. The molecule has 2 heterocycles. The predicted octanol–water partition coefficient (Wildman–Crippen LogP) is 4.51. The highest BCUT2D eigenvalue weighted by atomic mass is 32.1. The number of halogens is 1. The van der Waals surface area contributed by atoms with E-state index < -0.39 is 17.6 Å². The van der Waals surface area contributed by atoms with E-state index in [9.17, 15) is 18.8 Å². The summed E-state index contributed by atoms with van der Waals surface area (Å²) in [6.07, 6.45) is 4.66. The molecule has 4 aromatic rings. The molecule has 0 spiro atoms. The molecule has 182 valence electrons. The molecule has 0 bridgehead atoms. The molecule has 2 aromatic carbocycles. The predicted molar refractivity (Wildman–Crippen MR) is 135 cm³/mol. The van der Waals surface area contributed by atoms with Crippen molar-refractivity contribution < 1.29 is 18.8 Å². The number of nitrogens with zero attached hydrogens (tertiary/aromatic N) is 3. The maximum Gasteiger partial charge on any atom is 0.258 e. The fourth-order valence-electron chi connectivity index (χ4n) is 3.54. The van der Waals surface area contributed by atoms with Crippen molar-refractivity contribution in [3.8, 4) is 11.1 Å². The van der Waals surface area contributed by atoms with E-state index in [1.165, 1.54) is 35.9 Å². The maximum atomic E-state index is 14.9. The Hall–Kier alpha value is -4.03. The molecule has 0 saturated heterocycles. The van der Waals surface area contributed by atoms with Gasteiger partial charge in [0.1, 0.15) is 12.1 Å². The van der Waals surface area contributed by atoms with Crippen LogP contribution >= 0.6 is 22.9 Å². The molecule has 1 fully saturated rings. The standard InChI is InChI=1S/C24H19FN6O3S2/c1-12-17(9-14(10-19(12)25)21(33)29-15-3-4-15)16-5-2-13(20(32)30-24-27-11-28-36-24)8-18(16)22(34)31-23-26-6-7-35-23/h2,5-11,15H,3-4H2,1H3,(H,29,33)(H,26,31,34)(H,27,28,30,32). The number of thiazole rings is 1. The summed E-state index contributed by atoms with van der Waals surface area (Å²) in [4.78, 5) is 46.7. The smallest absolute Gasteiger partial charge is 0.258 e. The van der Waals surface area contributed by atoms with Crippen molar-refractivity contribution >= 4 is 50.9 Å². The van der Waals surface area contributed by atoms with Crippen LogP contribution < -0.4 is 16.0 Å². The maximum absolute atomic E-state index is 14.9. The van der Waals surface area contributed by atoms with E-state index in [0.29, 0.717) is 21.4 Å². The molecule has 5 rings (SSSR count). The second kappa shape index (κ2) is 9.91. The Bertz CT molecular complexity index is 1450. The van der Waals surface area contributed by atoms with Gasteiger partial charge in [0.25, 0.3) is 17.7 Å². The van der Waals surface area contributed by atoms with Crippen molar-refractivity contribution in [2.24, 2.45) is 0 Å². The minimum Gasteiger partial charge on any atom is -0.349 e. The molecule has 0 radical (unpaired) electrons. The van der Waals surface area contributed by atoms with Gasteiger partial charge in [-0.1, -0.05) is 6.07 Å². The van der Waals surface area contributed by atoms with E-state index in [2.05, 4.69) is 30.3 Å². The average Bonchev–Trinajstić information content (AvgIpc) is 3.28. The third-order valence-electron chi connectivity index (χ3n) is 5.57. The van der Waals surface area contributed by atoms with Gasteiger partial charge in [-0.2, -0.15) is 4.37 Å². The van der Waals surface area contributed by atoms with Crippen LogP contribution in [0.2, 0.25) is 0 Å². The molecule has 0 unspecified atom stereocenters. The molecule has 1 aliphatic rings. The summed E-state index contributed by atoms with van der Waals surface area (Å²) in [5.74, 6) is -1.96. The Morgan fingerprint density at radius 1 is 0.944 bits per heavy atom. The third-order valence-corrected chi connectivity index (χ3v) is 6.84. The summed E-state index contributed by atoms with van der Waals surface area (Å²) in [5.41, 5.74) is 1.48. The summed E-state index contributed by atoms with van der Waals surface area (Å²) in [6, 6.07) is 7.37. The zero-order chi connectivity index (χ0) is 25.2. The molecule has 3 amide bonds. The van der Waals surface area contributed by atoms with Crippen LogP contribution in [0.4, 0.5) is 14.7 Å². The average molecular weight is 523 g/mol. The van der Waals surface area contributed by atoms with Crippen LogP contribution in [-0.4, -0.2) is 38.1 Å². The third kappa shape index (κ3) is 5.14. The number of nitrogens with one attached hydrogen (secondary N) is 3. The SMILES string of the molecule is Cc1c(F)cc(C(=O)NC2CC2)cc1-c1ccc(C(=O)Nc2ncns2)cc1C(=O)Nc1nccs1. The Morgan fingerprint density at radius 2 is 1.75 bits per heavy atom. The number of aromatic nitrogens is 3. The van der Waals surface area contributed by atoms with Crippen molar-refractivity contribution in [2.75, 3.05) is 10.6 Å². The fourth-order valence-corrected chi connectivity index (χ4v) is 4.49. The van der Waals surface area contributed by atoms with Crippen LogP contribution in [0, 0.1) is 12.7 Å². The Kier molecular flexibility index (Phi) is 6.53. The second-order valence-electron chi connectivity index (χ2n) is 8.13. The summed E-state index contributed by atoms with van der Waals surface area (Å²) in [5, 5.41) is 10.6. The largest absolute Gasteiger partial charge is 0.349 e. The number of carbonyl (C=O) groups excluding carboxylic acids is 3. The van der Waals surface area contributed by atoms with E-state index in [-0.39, 0.29) is 34.2 Å². The lowest BCUT2D eigenvalue weighted by atomic mass is 9.92. The minimum atomic E-state index is -0.571. The van der Waals surface area contributed by atoms with Gasteiger partial charge in [0, 0.05) is 45.8 Å². The molecule has 1 saturated carbocycles. The van der Waals surface area contributed by atoms with Gasteiger partial charge < -0.3 is 5.32 Å². The zero-order valence-electron chi connectivity index (χ0n) is 18.9. The normalized spacial score (nSPS) is 12.7. The second-order valence-corrected chi connectivity index (χ2v) is 9.81. The number of amides is 3. The molecule has 36 heavy (non-hydrogen) atoms. The van der Waals surface area contributed by atoms with Crippen molar-refractivity contribution in [2.45, 2.75) is 25.8 Å². The van der Waals surface area contributed by atoms with Crippen molar-refractivity contribution in [1.29, 1.82) is 0 Å². The topological polar surface area (TPSA) is 126 Å². The van der Waals surface area contributed by atoms with Crippen LogP contribution in [0.1, 0.15) is 49.5 Å². The van der Waals surface area contributed by atoms with E-state index in [1.54, 1.807) is 30.6 Å². The lowest BCUT2D eigenvalue weighted by Crippen LogP contribution is -2.25. The van der Waals surface area contributed by atoms with Crippen molar-refractivity contribution in [3.05, 3.63) is 76.3 Å². The van der Waals surface area contributed by atoms with E-state index in [0.717, 1.165) is 24.4 Å². The molecule has 0 atom stereocenters. The lowest BCUT2D eigenvalue weighted by Gasteiger charge is -2.15. The van der Waals surface area contributed by atoms with Crippen LogP contribution in [0.25, 0.3) is 11.1 Å². The first-order valence-electron chi connectivity index (χ1n) is 10.9. The van der Waals surface area contributed by atoms with E-state index in [4.69, 9.17) is 0 Å². The molecule has 1 aliphatic carbocycles. The number of anilines is 2. The first-order valence-corrected chi connectivity index (χ1v) is 12.6. The fraction of sp³-hybridized carbons (Fsp3) is 0.167. The number of rotatable bonds is 7. The van der Waals surface area contributed by atoms with Crippen LogP contribution in [0.5, 0.6) is 0 Å². The highest BCUT2D eigenvalue weighted by molar-refractivity contribution is 7.13. The summed E-state index contributed by atoms with van der Waals surface area (Å²) in [6.45, 7) is 1.58. The molecular formula is C24H19FN6O3S2. The van der Waals surface area contributed by atoms with Gasteiger partial charge in [-0.3, -0.25) is 25.0 Å².